The second-order valence-corrected chi connectivity index (χ2v) is 7.42. The number of hydrogen-bond donors (Lipinski definition) is 0. The molecule has 1 aliphatic heterocycles. The molecule has 3 aromatic rings. The van der Waals surface area contributed by atoms with Crippen LogP contribution in [0.3, 0.4) is 0 Å². The Morgan fingerprint density at radius 2 is 1.81 bits per heavy atom. The summed E-state index contributed by atoms with van der Waals surface area (Å²) in [6, 6.07) is 7.15. The Balaban J connectivity index is 1.41. The van der Waals surface area contributed by atoms with E-state index in [1.54, 1.807) is 28.0 Å². The van der Waals surface area contributed by atoms with Gasteiger partial charge in [-0.25, -0.2) is 4.98 Å². The number of amides is 2. The van der Waals surface area contributed by atoms with Crippen molar-refractivity contribution in [2.24, 2.45) is 0 Å². The molecule has 1 aromatic carbocycles. The van der Waals surface area contributed by atoms with Crippen LogP contribution in [0.25, 0.3) is 22.1 Å². The summed E-state index contributed by atoms with van der Waals surface area (Å²) in [5.41, 5.74) is 0.520. The molecule has 0 N–H and O–H groups in total. The van der Waals surface area contributed by atoms with Gasteiger partial charge in [-0.15, -0.1) is 0 Å². The number of nitrogens with zero attached hydrogens (tertiary/aromatic N) is 4. The summed E-state index contributed by atoms with van der Waals surface area (Å²) in [6.07, 6.45) is 0.261. The minimum absolute atomic E-state index is 0.0351. The number of esters is 1. The van der Waals surface area contributed by atoms with Crippen LogP contribution in [0.2, 0.25) is 0 Å². The van der Waals surface area contributed by atoms with Crippen LogP contribution in [0.1, 0.15) is 13.8 Å². The van der Waals surface area contributed by atoms with Gasteiger partial charge in [-0.3, -0.25) is 23.7 Å². The molecule has 4 rings (SSSR count). The fraction of sp³-hybridized carbons (Fsp3) is 0.381. The molecule has 0 saturated carbocycles. The SMILES string of the molecule is CC(=O)N1CCN(C(=O)C(C)OC(=O)Cn2cnc3c(oc4ccccc43)c2=O)CC1. The van der Waals surface area contributed by atoms with E-state index in [2.05, 4.69) is 4.98 Å². The molecule has 1 unspecified atom stereocenters. The number of ether oxygens (including phenoxy) is 1. The lowest BCUT2D eigenvalue weighted by molar-refractivity contribution is -0.160. The Hall–Kier alpha value is -3.69. The predicted octanol–water partition coefficient (Wildman–Crippen LogP) is 0.765. The second-order valence-electron chi connectivity index (χ2n) is 7.42. The van der Waals surface area contributed by atoms with Gasteiger partial charge >= 0.3 is 5.97 Å². The van der Waals surface area contributed by atoms with Crippen molar-refractivity contribution >= 4 is 39.9 Å². The van der Waals surface area contributed by atoms with Gasteiger partial charge < -0.3 is 19.0 Å². The van der Waals surface area contributed by atoms with Crippen LogP contribution in [0.5, 0.6) is 0 Å². The first kappa shape index (κ1) is 20.6. The quantitative estimate of drug-likeness (QED) is 0.566. The summed E-state index contributed by atoms with van der Waals surface area (Å²) in [5, 5.41) is 0.716. The van der Waals surface area contributed by atoms with Gasteiger partial charge in [0.25, 0.3) is 11.5 Å². The van der Waals surface area contributed by atoms with Crippen LogP contribution in [0.15, 0.2) is 39.8 Å². The summed E-state index contributed by atoms with van der Waals surface area (Å²) in [5.74, 6) is -1.11. The molecule has 1 saturated heterocycles. The average Bonchev–Trinajstić information content (AvgIpc) is 3.14. The van der Waals surface area contributed by atoms with Crippen LogP contribution < -0.4 is 5.56 Å². The molecule has 162 valence electrons. The minimum Gasteiger partial charge on any atom is -0.451 e. The van der Waals surface area contributed by atoms with E-state index in [0.717, 1.165) is 4.57 Å². The molecule has 0 bridgehead atoms. The summed E-state index contributed by atoms with van der Waals surface area (Å²) in [7, 11) is 0. The molecule has 2 aromatic heterocycles. The Morgan fingerprint density at radius 1 is 1.13 bits per heavy atom. The number of benzene rings is 1. The normalized spacial score (nSPS) is 15.3. The first-order chi connectivity index (χ1) is 14.8. The first-order valence-corrected chi connectivity index (χ1v) is 9.95. The lowest BCUT2D eigenvalue weighted by Crippen LogP contribution is -2.52. The van der Waals surface area contributed by atoms with E-state index >= 15 is 0 Å². The highest BCUT2D eigenvalue weighted by molar-refractivity contribution is 6.01. The zero-order chi connectivity index (χ0) is 22.1. The molecule has 0 aliphatic carbocycles. The summed E-state index contributed by atoms with van der Waals surface area (Å²) in [6.45, 7) is 4.23. The number of furan rings is 1. The number of piperazine rings is 1. The Bertz CT molecular complexity index is 1220. The Kier molecular flexibility index (Phi) is 5.45. The van der Waals surface area contributed by atoms with E-state index < -0.39 is 24.2 Å². The van der Waals surface area contributed by atoms with Crippen LogP contribution in [-0.4, -0.2) is 69.4 Å². The monoisotopic (exact) mass is 426 g/mol. The summed E-state index contributed by atoms with van der Waals surface area (Å²) in [4.78, 5) is 56.5. The standard InChI is InChI=1S/C21H22N4O6/c1-13(20(28)24-9-7-23(8-10-24)14(2)26)30-17(27)11-25-12-22-18-15-5-3-4-6-16(15)31-19(18)21(25)29/h3-6,12-13H,7-11H2,1-2H3. The fourth-order valence-corrected chi connectivity index (χ4v) is 3.65. The molecule has 10 heteroatoms. The molecule has 0 spiro atoms. The highest BCUT2D eigenvalue weighted by Gasteiger charge is 2.28. The number of rotatable bonds is 4. The fourth-order valence-electron chi connectivity index (χ4n) is 3.65. The van der Waals surface area contributed by atoms with Gasteiger partial charge in [-0.05, 0) is 19.1 Å². The van der Waals surface area contributed by atoms with Gasteiger partial charge in [-0.2, -0.15) is 0 Å². The molecule has 1 fully saturated rings. The van der Waals surface area contributed by atoms with Crippen molar-refractivity contribution in [2.75, 3.05) is 26.2 Å². The maximum absolute atomic E-state index is 12.7. The highest BCUT2D eigenvalue weighted by Crippen LogP contribution is 2.24. The molecule has 0 radical (unpaired) electrons. The molecule has 1 atom stereocenters. The third-order valence-corrected chi connectivity index (χ3v) is 5.34. The number of hydrogen-bond acceptors (Lipinski definition) is 7. The molecule has 31 heavy (non-hydrogen) atoms. The molecular formula is C21H22N4O6. The number of para-hydroxylation sites is 1. The van der Waals surface area contributed by atoms with Gasteiger partial charge in [-0.1, -0.05) is 12.1 Å². The van der Waals surface area contributed by atoms with Gasteiger partial charge in [0.1, 0.15) is 17.6 Å². The van der Waals surface area contributed by atoms with Crippen molar-refractivity contribution in [1.29, 1.82) is 0 Å². The number of aromatic nitrogens is 2. The number of fused-ring (bicyclic) bond motifs is 3. The van der Waals surface area contributed by atoms with Crippen LogP contribution in [0, 0.1) is 0 Å². The second kappa shape index (κ2) is 8.21. The van der Waals surface area contributed by atoms with Gasteiger partial charge in [0.05, 0.1) is 6.33 Å². The van der Waals surface area contributed by atoms with E-state index in [-0.39, 0.29) is 17.4 Å². The zero-order valence-corrected chi connectivity index (χ0v) is 17.2. The number of carbonyl (C=O) groups is 3. The maximum Gasteiger partial charge on any atom is 0.326 e. The van der Waals surface area contributed by atoms with Crippen molar-refractivity contribution in [3.63, 3.8) is 0 Å². The van der Waals surface area contributed by atoms with Crippen molar-refractivity contribution in [1.82, 2.24) is 19.4 Å². The van der Waals surface area contributed by atoms with Gasteiger partial charge in [0.15, 0.2) is 6.10 Å². The zero-order valence-electron chi connectivity index (χ0n) is 17.2. The van der Waals surface area contributed by atoms with Crippen molar-refractivity contribution in [3.05, 3.63) is 40.9 Å². The third kappa shape index (κ3) is 4.00. The molecular weight excluding hydrogens is 404 g/mol. The van der Waals surface area contributed by atoms with E-state index in [0.29, 0.717) is 42.7 Å². The van der Waals surface area contributed by atoms with E-state index in [4.69, 9.17) is 9.15 Å². The average molecular weight is 426 g/mol. The van der Waals surface area contributed by atoms with E-state index in [9.17, 15) is 19.2 Å². The van der Waals surface area contributed by atoms with Gasteiger partial charge in [0.2, 0.25) is 11.5 Å². The third-order valence-electron chi connectivity index (χ3n) is 5.34. The van der Waals surface area contributed by atoms with Crippen molar-refractivity contribution in [3.8, 4) is 0 Å². The Labute approximate surface area is 177 Å². The molecule has 10 nitrogen and oxygen atoms in total. The Morgan fingerprint density at radius 3 is 2.52 bits per heavy atom. The largest absolute Gasteiger partial charge is 0.451 e. The smallest absolute Gasteiger partial charge is 0.326 e. The summed E-state index contributed by atoms with van der Waals surface area (Å²) < 4.78 is 11.9. The van der Waals surface area contributed by atoms with Crippen LogP contribution in [0.4, 0.5) is 0 Å². The molecule has 3 heterocycles. The van der Waals surface area contributed by atoms with Crippen LogP contribution >= 0.6 is 0 Å². The van der Waals surface area contributed by atoms with Crippen molar-refractivity contribution < 1.29 is 23.5 Å². The summed E-state index contributed by atoms with van der Waals surface area (Å²) >= 11 is 0. The predicted molar refractivity (Wildman–Crippen MR) is 110 cm³/mol. The minimum atomic E-state index is -1.00. The maximum atomic E-state index is 12.7. The lowest BCUT2D eigenvalue weighted by atomic mass is 10.2. The number of carbonyl (C=O) groups excluding carboxylic acids is 3. The van der Waals surface area contributed by atoms with Crippen LogP contribution in [-0.2, 0) is 25.7 Å². The first-order valence-electron chi connectivity index (χ1n) is 9.95. The van der Waals surface area contributed by atoms with Crippen molar-refractivity contribution in [2.45, 2.75) is 26.5 Å². The molecule has 2 amide bonds. The lowest BCUT2D eigenvalue weighted by Gasteiger charge is -2.35. The van der Waals surface area contributed by atoms with Gasteiger partial charge in [0, 0.05) is 38.5 Å². The van der Waals surface area contributed by atoms with E-state index in [1.807, 2.05) is 6.07 Å². The molecule has 1 aliphatic rings. The topological polar surface area (TPSA) is 115 Å². The highest BCUT2D eigenvalue weighted by atomic mass is 16.5. The van der Waals surface area contributed by atoms with E-state index in [1.165, 1.54) is 20.2 Å².